The molecule has 1 saturated heterocycles. The second kappa shape index (κ2) is 6.51. The maximum absolute atomic E-state index is 12.7. The molecule has 0 bridgehead atoms. The van der Waals surface area contributed by atoms with Gasteiger partial charge < -0.3 is 9.64 Å². The molecule has 3 nitrogen and oxygen atoms in total. The van der Waals surface area contributed by atoms with Crippen LogP contribution in [0.1, 0.15) is 27.6 Å². The molecule has 22 heavy (non-hydrogen) atoms. The minimum Gasteiger partial charge on any atom is -0.370 e. The number of carbonyl (C=O) groups excluding carboxylic acids is 1. The third kappa shape index (κ3) is 3.16. The third-order valence-corrected chi connectivity index (χ3v) is 4.18. The van der Waals surface area contributed by atoms with Crippen molar-refractivity contribution >= 4 is 17.5 Å². The first-order valence-electron chi connectivity index (χ1n) is 7.37. The average molecular weight is 316 g/mol. The minimum atomic E-state index is -0.125. The standard InChI is InChI=1S/C18H18ClNO2/c1-13-5-2-3-8-16(13)18(21)20-9-10-22-17(12-20)14-6-4-7-15(19)11-14/h2-8,11,17H,9-10,12H2,1H3. The summed E-state index contributed by atoms with van der Waals surface area (Å²) in [5.41, 5.74) is 2.77. The zero-order chi connectivity index (χ0) is 15.5. The quantitative estimate of drug-likeness (QED) is 0.842. The predicted molar refractivity (Wildman–Crippen MR) is 87.2 cm³/mol. The van der Waals surface area contributed by atoms with Crippen molar-refractivity contribution in [3.63, 3.8) is 0 Å². The largest absolute Gasteiger partial charge is 0.370 e. The Bertz CT molecular complexity index is 686. The highest BCUT2D eigenvalue weighted by atomic mass is 35.5. The molecule has 0 spiro atoms. The summed E-state index contributed by atoms with van der Waals surface area (Å²) in [7, 11) is 0. The number of hydrogen-bond acceptors (Lipinski definition) is 2. The number of rotatable bonds is 2. The number of benzene rings is 2. The van der Waals surface area contributed by atoms with E-state index in [9.17, 15) is 4.79 Å². The number of halogens is 1. The van der Waals surface area contributed by atoms with Gasteiger partial charge in [0.05, 0.1) is 13.2 Å². The van der Waals surface area contributed by atoms with Crippen LogP contribution >= 0.6 is 11.6 Å². The summed E-state index contributed by atoms with van der Waals surface area (Å²) in [4.78, 5) is 14.6. The fourth-order valence-corrected chi connectivity index (χ4v) is 2.92. The van der Waals surface area contributed by atoms with Crippen molar-refractivity contribution in [1.29, 1.82) is 0 Å². The number of ether oxygens (including phenoxy) is 1. The molecule has 1 unspecified atom stereocenters. The zero-order valence-corrected chi connectivity index (χ0v) is 13.2. The highest BCUT2D eigenvalue weighted by Gasteiger charge is 2.26. The van der Waals surface area contributed by atoms with Crippen molar-refractivity contribution in [3.05, 3.63) is 70.2 Å². The first-order chi connectivity index (χ1) is 10.6. The van der Waals surface area contributed by atoms with Crippen LogP contribution in [0.5, 0.6) is 0 Å². The Morgan fingerprint density at radius 2 is 2.05 bits per heavy atom. The SMILES string of the molecule is Cc1ccccc1C(=O)N1CCOC(c2cccc(Cl)c2)C1. The average Bonchev–Trinajstić information content (AvgIpc) is 2.55. The van der Waals surface area contributed by atoms with Crippen LogP contribution in [-0.4, -0.2) is 30.5 Å². The third-order valence-electron chi connectivity index (χ3n) is 3.95. The van der Waals surface area contributed by atoms with E-state index in [2.05, 4.69) is 0 Å². The van der Waals surface area contributed by atoms with Gasteiger partial charge in [-0.25, -0.2) is 0 Å². The lowest BCUT2D eigenvalue weighted by Gasteiger charge is -2.33. The summed E-state index contributed by atoms with van der Waals surface area (Å²) in [6.07, 6.45) is -0.125. The Kier molecular flexibility index (Phi) is 4.46. The fourth-order valence-electron chi connectivity index (χ4n) is 2.73. The molecule has 1 atom stereocenters. The van der Waals surface area contributed by atoms with Gasteiger partial charge in [-0.1, -0.05) is 41.9 Å². The van der Waals surface area contributed by atoms with Crippen LogP contribution in [0.2, 0.25) is 5.02 Å². The smallest absolute Gasteiger partial charge is 0.254 e. The number of amides is 1. The van der Waals surface area contributed by atoms with Gasteiger partial charge in [-0.3, -0.25) is 4.79 Å². The van der Waals surface area contributed by atoms with Gasteiger partial charge in [0, 0.05) is 17.1 Å². The van der Waals surface area contributed by atoms with E-state index in [-0.39, 0.29) is 12.0 Å². The summed E-state index contributed by atoms with van der Waals surface area (Å²) in [6, 6.07) is 15.3. The summed E-state index contributed by atoms with van der Waals surface area (Å²) in [5.74, 6) is 0.0634. The van der Waals surface area contributed by atoms with Crippen molar-refractivity contribution in [3.8, 4) is 0 Å². The number of aryl methyl sites for hydroxylation is 1. The van der Waals surface area contributed by atoms with Crippen LogP contribution in [0.3, 0.4) is 0 Å². The van der Waals surface area contributed by atoms with Crippen LogP contribution < -0.4 is 0 Å². The maximum atomic E-state index is 12.7. The molecule has 1 fully saturated rings. The molecular weight excluding hydrogens is 298 g/mol. The highest BCUT2D eigenvalue weighted by Crippen LogP contribution is 2.25. The van der Waals surface area contributed by atoms with Gasteiger partial charge in [-0.2, -0.15) is 0 Å². The second-order valence-electron chi connectivity index (χ2n) is 5.48. The van der Waals surface area contributed by atoms with Gasteiger partial charge in [-0.05, 0) is 36.2 Å². The monoisotopic (exact) mass is 315 g/mol. The molecule has 0 saturated carbocycles. The minimum absolute atomic E-state index is 0.0634. The molecule has 2 aromatic rings. The van der Waals surface area contributed by atoms with Crippen molar-refractivity contribution < 1.29 is 9.53 Å². The fraction of sp³-hybridized carbons (Fsp3) is 0.278. The topological polar surface area (TPSA) is 29.5 Å². The Morgan fingerprint density at radius 3 is 2.82 bits per heavy atom. The Labute approximate surface area is 135 Å². The molecule has 3 rings (SSSR count). The zero-order valence-electron chi connectivity index (χ0n) is 12.5. The van der Waals surface area contributed by atoms with Gasteiger partial charge in [0.2, 0.25) is 0 Å². The summed E-state index contributed by atoms with van der Waals surface area (Å²) in [5, 5.41) is 0.684. The molecule has 1 aliphatic heterocycles. The van der Waals surface area contributed by atoms with Gasteiger partial charge in [-0.15, -0.1) is 0 Å². The molecule has 1 aliphatic rings. The molecule has 0 aromatic heterocycles. The first-order valence-corrected chi connectivity index (χ1v) is 7.75. The van der Waals surface area contributed by atoms with Gasteiger partial charge in [0.25, 0.3) is 5.91 Å². The molecule has 1 heterocycles. The van der Waals surface area contributed by atoms with E-state index in [0.29, 0.717) is 24.7 Å². The first kappa shape index (κ1) is 15.1. The van der Waals surface area contributed by atoms with Gasteiger partial charge in [0.15, 0.2) is 0 Å². The lowest BCUT2D eigenvalue weighted by atomic mass is 10.0. The molecule has 0 aliphatic carbocycles. The summed E-state index contributed by atoms with van der Waals surface area (Å²) >= 11 is 6.04. The summed E-state index contributed by atoms with van der Waals surface area (Å²) < 4.78 is 5.81. The lowest BCUT2D eigenvalue weighted by molar-refractivity contribution is -0.0228. The van der Waals surface area contributed by atoms with E-state index in [1.54, 1.807) is 0 Å². The highest BCUT2D eigenvalue weighted by molar-refractivity contribution is 6.30. The second-order valence-corrected chi connectivity index (χ2v) is 5.92. The van der Waals surface area contributed by atoms with Crippen molar-refractivity contribution in [2.24, 2.45) is 0 Å². The maximum Gasteiger partial charge on any atom is 0.254 e. The molecule has 114 valence electrons. The van der Waals surface area contributed by atoms with E-state index < -0.39 is 0 Å². The molecular formula is C18H18ClNO2. The van der Waals surface area contributed by atoms with Gasteiger partial charge in [0.1, 0.15) is 6.10 Å². The Balaban J connectivity index is 1.78. The van der Waals surface area contributed by atoms with E-state index >= 15 is 0 Å². The van der Waals surface area contributed by atoms with Gasteiger partial charge >= 0.3 is 0 Å². The molecule has 1 amide bonds. The van der Waals surface area contributed by atoms with E-state index in [1.165, 1.54) is 0 Å². The van der Waals surface area contributed by atoms with Crippen LogP contribution in [0.4, 0.5) is 0 Å². The number of carbonyl (C=O) groups is 1. The van der Waals surface area contributed by atoms with E-state index in [1.807, 2.05) is 60.4 Å². The number of nitrogens with zero attached hydrogens (tertiary/aromatic N) is 1. The Morgan fingerprint density at radius 1 is 1.23 bits per heavy atom. The number of hydrogen-bond donors (Lipinski definition) is 0. The molecule has 4 heteroatoms. The van der Waals surface area contributed by atoms with Crippen LogP contribution in [0.15, 0.2) is 48.5 Å². The van der Waals surface area contributed by atoms with Crippen LogP contribution in [0.25, 0.3) is 0 Å². The normalized spacial score (nSPS) is 18.3. The lowest BCUT2D eigenvalue weighted by Crippen LogP contribution is -2.42. The molecule has 2 aromatic carbocycles. The van der Waals surface area contributed by atoms with Crippen molar-refractivity contribution in [2.45, 2.75) is 13.0 Å². The van der Waals surface area contributed by atoms with Crippen molar-refractivity contribution in [1.82, 2.24) is 4.90 Å². The van der Waals surface area contributed by atoms with E-state index in [4.69, 9.17) is 16.3 Å². The van der Waals surface area contributed by atoms with Crippen molar-refractivity contribution in [2.75, 3.05) is 19.7 Å². The van der Waals surface area contributed by atoms with Crippen LogP contribution in [-0.2, 0) is 4.74 Å². The summed E-state index contributed by atoms with van der Waals surface area (Å²) in [6.45, 7) is 3.66. The predicted octanol–water partition coefficient (Wildman–Crippen LogP) is 3.86. The Hall–Kier alpha value is -1.84. The number of morpholine rings is 1. The van der Waals surface area contributed by atoms with E-state index in [0.717, 1.165) is 16.7 Å². The van der Waals surface area contributed by atoms with Crippen LogP contribution in [0, 0.1) is 6.92 Å². The molecule has 0 N–H and O–H groups in total. The molecule has 0 radical (unpaired) electrons.